The third kappa shape index (κ3) is 3.96. The number of hydrogen-bond donors (Lipinski definition) is 2. The van der Waals surface area contributed by atoms with Crippen molar-refractivity contribution >= 4 is 5.91 Å². The van der Waals surface area contributed by atoms with Gasteiger partial charge in [0.15, 0.2) is 0 Å². The molecule has 2 atom stereocenters. The van der Waals surface area contributed by atoms with Crippen molar-refractivity contribution in [2.75, 3.05) is 19.6 Å². The number of nitrogens with one attached hydrogen (secondary N) is 1. The number of carbonyl (C=O) groups excluding carboxylic acids is 1. The zero-order chi connectivity index (χ0) is 12.9. The predicted molar refractivity (Wildman–Crippen MR) is 70.8 cm³/mol. The number of carbonyl (C=O) groups is 1. The van der Waals surface area contributed by atoms with Crippen LogP contribution in [0.5, 0.6) is 0 Å². The summed E-state index contributed by atoms with van der Waals surface area (Å²) in [6.07, 6.45) is 4.36. The molecule has 0 aromatic rings. The van der Waals surface area contributed by atoms with E-state index in [2.05, 4.69) is 24.1 Å². The summed E-state index contributed by atoms with van der Waals surface area (Å²) in [6, 6.07) is 0.651. The van der Waals surface area contributed by atoms with Crippen LogP contribution in [-0.4, -0.2) is 42.0 Å². The van der Waals surface area contributed by atoms with Crippen LogP contribution in [0.15, 0.2) is 0 Å². The first kappa shape index (κ1) is 14.5. The van der Waals surface area contributed by atoms with E-state index in [1.165, 1.54) is 12.8 Å². The van der Waals surface area contributed by atoms with E-state index in [1.807, 2.05) is 6.92 Å². The fraction of sp³-hybridized carbons (Fsp3) is 0.923. The molecule has 1 aliphatic heterocycles. The molecule has 1 rings (SSSR count). The first-order chi connectivity index (χ1) is 7.99. The fourth-order valence-electron chi connectivity index (χ4n) is 2.39. The van der Waals surface area contributed by atoms with Gasteiger partial charge in [-0.2, -0.15) is 0 Å². The summed E-state index contributed by atoms with van der Waals surface area (Å²) in [5.74, 6) is -0.238. The van der Waals surface area contributed by atoms with Gasteiger partial charge in [0, 0.05) is 12.6 Å². The van der Waals surface area contributed by atoms with Crippen molar-refractivity contribution in [1.82, 2.24) is 10.2 Å². The summed E-state index contributed by atoms with van der Waals surface area (Å²) in [5, 5.41) is 3.28. The van der Waals surface area contributed by atoms with Gasteiger partial charge in [0.1, 0.15) is 0 Å². The SMILES string of the molecule is CCCNC(C)(CCN1CCCC1C)C(N)=O. The third-order valence-corrected chi connectivity index (χ3v) is 3.90. The standard InChI is InChI=1S/C13H27N3O/c1-4-8-15-13(3,12(14)17)7-10-16-9-5-6-11(16)2/h11,15H,4-10H2,1-3H3,(H2,14,17). The molecule has 1 saturated heterocycles. The first-order valence-electron chi connectivity index (χ1n) is 6.78. The van der Waals surface area contributed by atoms with E-state index < -0.39 is 5.54 Å². The Balaban J connectivity index is 2.46. The highest BCUT2D eigenvalue weighted by Crippen LogP contribution is 2.19. The van der Waals surface area contributed by atoms with Gasteiger partial charge in [-0.3, -0.25) is 4.79 Å². The second-order valence-corrected chi connectivity index (χ2v) is 5.40. The van der Waals surface area contributed by atoms with Crippen LogP contribution in [0.25, 0.3) is 0 Å². The van der Waals surface area contributed by atoms with Gasteiger partial charge in [0.25, 0.3) is 0 Å². The molecule has 0 aromatic heterocycles. The second-order valence-electron chi connectivity index (χ2n) is 5.40. The number of primary amides is 1. The maximum Gasteiger partial charge on any atom is 0.237 e. The van der Waals surface area contributed by atoms with Gasteiger partial charge in [-0.05, 0) is 52.6 Å². The molecule has 1 amide bonds. The lowest BCUT2D eigenvalue weighted by Gasteiger charge is -2.31. The molecule has 17 heavy (non-hydrogen) atoms. The van der Waals surface area contributed by atoms with Gasteiger partial charge in [0.2, 0.25) is 5.91 Å². The molecule has 1 heterocycles. The Bertz CT molecular complexity index is 257. The van der Waals surface area contributed by atoms with Crippen molar-refractivity contribution < 1.29 is 4.79 Å². The summed E-state index contributed by atoms with van der Waals surface area (Å²) < 4.78 is 0. The minimum absolute atomic E-state index is 0.238. The van der Waals surface area contributed by atoms with Crippen LogP contribution in [0.1, 0.15) is 46.5 Å². The summed E-state index contributed by atoms with van der Waals surface area (Å²) in [7, 11) is 0. The lowest BCUT2D eigenvalue weighted by molar-refractivity contribution is -0.124. The van der Waals surface area contributed by atoms with Gasteiger partial charge in [-0.15, -0.1) is 0 Å². The average Bonchev–Trinajstić information content (AvgIpc) is 2.69. The Labute approximate surface area is 105 Å². The van der Waals surface area contributed by atoms with Crippen LogP contribution in [0.4, 0.5) is 0 Å². The largest absolute Gasteiger partial charge is 0.368 e. The smallest absolute Gasteiger partial charge is 0.237 e. The third-order valence-electron chi connectivity index (χ3n) is 3.90. The summed E-state index contributed by atoms with van der Waals surface area (Å²) >= 11 is 0. The number of nitrogens with two attached hydrogens (primary N) is 1. The van der Waals surface area contributed by atoms with E-state index in [9.17, 15) is 4.79 Å². The van der Waals surface area contributed by atoms with Crippen LogP contribution >= 0.6 is 0 Å². The molecule has 1 fully saturated rings. The first-order valence-corrected chi connectivity index (χ1v) is 6.78. The van der Waals surface area contributed by atoms with Crippen molar-refractivity contribution in [3.8, 4) is 0 Å². The van der Waals surface area contributed by atoms with Crippen LogP contribution in [0.2, 0.25) is 0 Å². The van der Waals surface area contributed by atoms with E-state index >= 15 is 0 Å². The summed E-state index contributed by atoms with van der Waals surface area (Å²) in [5.41, 5.74) is 4.95. The van der Waals surface area contributed by atoms with Crippen molar-refractivity contribution in [2.24, 2.45) is 5.73 Å². The van der Waals surface area contributed by atoms with Crippen LogP contribution in [0, 0.1) is 0 Å². The Morgan fingerprint density at radius 3 is 2.76 bits per heavy atom. The molecule has 0 bridgehead atoms. The highest BCUT2D eigenvalue weighted by atomic mass is 16.1. The molecule has 0 spiro atoms. The molecule has 0 aliphatic carbocycles. The second kappa shape index (κ2) is 6.36. The number of likely N-dealkylation sites (tertiary alicyclic amines) is 1. The molecule has 2 unspecified atom stereocenters. The van der Waals surface area contributed by atoms with E-state index in [-0.39, 0.29) is 5.91 Å². The number of amides is 1. The molecule has 0 radical (unpaired) electrons. The van der Waals surface area contributed by atoms with Gasteiger partial charge in [0.05, 0.1) is 5.54 Å². The highest BCUT2D eigenvalue weighted by Gasteiger charge is 2.31. The van der Waals surface area contributed by atoms with E-state index in [0.717, 1.165) is 32.5 Å². The minimum atomic E-state index is -0.557. The molecule has 100 valence electrons. The van der Waals surface area contributed by atoms with Crippen molar-refractivity contribution in [3.63, 3.8) is 0 Å². The fourth-order valence-corrected chi connectivity index (χ4v) is 2.39. The summed E-state index contributed by atoms with van der Waals surface area (Å²) in [4.78, 5) is 14.0. The Morgan fingerprint density at radius 2 is 2.29 bits per heavy atom. The van der Waals surface area contributed by atoms with Crippen LogP contribution in [0.3, 0.4) is 0 Å². The van der Waals surface area contributed by atoms with Crippen molar-refractivity contribution in [3.05, 3.63) is 0 Å². The molecule has 0 saturated carbocycles. The number of hydrogen-bond acceptors (Lipinski definition) is 3. The summed E-state index contributed by atoms with van der Waals surface area (Å²) in [6.45, 7) is 9.23. The number of rotatable bonds is 7. The maximum atomic E-state index is 11.6. The maximum absolute atomic E-state index is 11.6. The Hall–Kier alpha value is -0.610. The van der Waals surface area contributed by atoms with Crippen LogP contribution in [-0.2, 0) is 4.79 Å². The monoisotopic (exact) mass is 241 g/mol. The lowest BCUT2D eigenvalue weighted by Crippen LogP contribution is -2.55. The normalized spacial score (nSPS) is 24.8. The van der Waals surface area contributed by atoms with Crippen LogP contribution < -0.4 is 11.1 Å². The minimum Gasteiger partial charge on any atom is -0.368 e. The van der Waals surface area contributed by atoms with Gasteiger partial charge in [-0.1, -0.05) is 6.92 Å². The van der Waals surface area contributed by atoms with Crippen molar-refractivity contribution in [1.29, 1.82) is 0 Å². The molecular weight excluding hydrogens is 214 g/mol. The lowest BCUT2D eigenvalue weighted by atomic mass is 9.96. The topological polar surface area (TPSA) is 58.4 Å². The van der Waals surface area contributed by atoms with Gasteiger partial charge >= 0.3 is 0 Å². The molecule has 0 aromatic carbocycles. The zero-order valence-electron chi connectivity index (χ0n) is 11.5. The van der Waals surface area contributed by atoms with Crippen molar-refractivity contribution in [2.45, 2.75) is 58.0 Å². The highest BCUT2D eigenvalue weighted by molar-refractivity contribution is 5.84. The van der Waals surface area contributed by atoms with Gasteiger partial charge < -0.3 is 16.0 Å². The predicted octanol–water partition coefficient (Wildman–Crippen LogP) is 1.10. The zero-order valence-corrected chi connectivity index (χ0v) is 11.5. The molecule has 4 heteroatoms. The number of nitrogens with zero attached hydrogens (tertiary/aromatic N) is 1. The Kier molecular flexibility index (Phi) is 5.40. The molecule has 3 N–H and O–H groups in total. The quantitative estimate of drug-likeness (QED) is 0.702. The average molecular weight is 241 g/mol. The van der Waals surface area contributed by atoms with Gasteiger partial charge in [-0.25, -0.2) is 0 Å². The molecule has 1 aliphatic rings. The Morgan fingerprint density at radius 1 is 1.59 bits per heavy atom. The van der Waals surface area contributed by atoms with E-state index in [0.29, 0.717) is 6.04 Å². The van der Waals surface area contributed by atoms with E-state index in [1.54, 1.807) is 0 Å². The van der Waals surface area contributed by atoms with E-state index in [4.69, 9.17) is 5.73 Å². The molecular formula is C13H27N3O. The molecule has 4 nitrogen and oxygen atoms in total.